The average Bonchev–Trinajstić information content (AvgIpc) is 3.08. The number of hydrogen-bond donors (Lipinski definition) is 0. The summed E-state index contributed by atoms with van der Waals surface area (Å²) in [6.45, 7) is 4.45. The number of carbonyl (C=O) groups excluding carboxylic acids is 1. The molecule has 2 aliphatic heterocycles. The molecular formula is C18H25FN2O3S. The first-order valence-electron chi connectivity index (χ1n) is 8.70. The van der Waals surface area contributed by atoms with Crippen LogP contribution in [0.25, 0.3) is 0 Å². The lowest BCUT2D eigenvalue weighted by Gasteiger charge is -2.39. The zero-order chi connectivity index (χ0) is 18.2. The van der Waals surface area contributed by atoms with Gasteiger partial charge in [0.25, 0.3) is 0 Å². The van der Waals surface area contributed by atoms with Crippen LogP contribution in [0.15, 0.2) is 29.2 Å². The third-order valence-electron chi connectivity index (χ3n) is 5.62. The summed E-state index contributed by atoms with van der Waals surface area (Å²) in [6.07, 6.45) is 2.03. The Bertz CT molecular complexity index is 740. The highest BCUT2D eigenvalue weighted by molar-refractivity contribution is 7.92. The van der Waals surface area contributed by atoms with E-state index in [0.29, 0.717) is 13.0 Å². The van der Waals surface area contributed by atoms with Gasteiger partial charge in [-0.3, -0.25) is 4.79 Å². The van der Waals surface area contributed by atoms with Gasteiger partial charge in [-0.1, -0.05) is 6.92 Å². The lowest BCUT2D eigenvalue weighted by atomic mass is 9.79. The van der Waals surface area contributed by atoms with Crippen molar-refractivity contribution in [3.05, 3.63) is 30.1 Å². The SMILES string of the molecule is CN1CCC(C)(C(=O)N2CCC(S(=O)(=O)c3ccc(F)cc3)C2)CC1. The smallest absolute Gasteiger partial charge is 0.228 e. The molecule has 7 heteroatoms. The maximum Gasteiger partial charge on any atom is 0.228 e. The number of piperidine rings is 1. The number of halogens is 1. The molecule has 0 aliphatic carbocycles. The van der Waals surface area contributed by atoms with Crippen molar-refractivity contribution in [2.24, 2.45) is 5.41 Å². The lowest BCUT2D eigenvalue weighted by molar-refractivity contribution is -0.142. The van der Waals surface area contributed by atoms with E-state index in [1.165, 1.54) is 12.1 Å². The van der Waals surface area contributed by atoms with E-state index in [2.05, 4.69) is 4.90 Å². The summed E-state index contributed by atoms with van der Waals surface area (Å²) in [5, 5.41) is -0.614. The number of rotatable bonds is 3. The minimum absolute atomic E-state index is 0.0670. The molecule has 1 aromatic rings. The summed E-state index contributed by atoms with van der Waals surface area (Å²) in [7, 11) is -1.50. The molecule has 0 radical (unpaired) electrons. The number of likely N-dealkylation sites (tertiary alicyclic amines) is 2. The van der Waals surface area contributed by atoms with Gasteiger partial charge in [0.15, 0.2) is 9.84 Å². The molecule has 2 saturated heterocycles. The monoisotopic (exact) mass is 368 g/mol. The quantitative estimate of drug-likeness (QED) is 0.765. The fourth-order valence-corrected chi connectivity index (χ4v) is 5.38. The molecule has 0 bridgehead atoms. The van der Waals surface area contributed by atoms with Crippen molar-refractivity contribution in [1.29, 1.82) is 0 Å². The van der Waals surface area contributed by atoms with Crippen molar-refractivity contribution >= 4 is 15.7 Å². The van der Waals surface area contributed by atoms with Gasteiger partial charge in [0.2, 0.25) is 5.91 Å². The number of carbonyl (C=O) groups is 1. The van der Waals surface area contributed by atoms with Crippen LogP contribution < -0.4 is 0 Å². The van der Waals surface area contributed by atoms with Crippen LogP contribution in [0, 0.1) is 11.2 Å². The molecule has 1 aromatic carbocycles. The molecule has 0 aromatic heterocycles. The first-order valence-corrected chi connectivity index (χ1v) is 10.2. The zero-order valence-corrected chi connectivity index (χ0v) is 15.6. The molecule has 1 atom stereocenters. The van der Waals surface area contributed by atoms with Crippen molar-refractivity contribution in [1.82, 2.24) is 9.80 Å². The van der Waals surface area contributed by atoms with Gasteiger partial charge in [-0.2, -0.15) is 0 Å². The predicted molar refractivity (Wildman–Crippen MR) is 93.4 cm³/mol. The summed E-state index contributed by atoms with van der Waals surface area (Å²) in [6, 6.07) is 4.91. The van der Waals surface area contributed by atoms with Gasteiger partial charge in [0.1, 0.15) is 5.82 Å². The van der Waals surface area contributed by atoms with Gasteiger partial charge < -0.3 is 9.80 Å². The molecule has 2 aliphatic rings. The molecule has 1 unspecified atom stereocenters. The largest absolute Gasteiger partial charge is 0.341 e. The highest BCUT2D eigenvalue weighted by Crippen LogP contribution is 2.35. The summed E-state index contributed by atoms with van der Waals surface area (Å²) in [5.74, 6) is -0.394. The Morgan fingerprint density at radius 2 is 1.76 bits per heavy atom. The summed E-state index contributed by atoms with van der Waals surface area (Å²) >= 11 is 0. The van der Waals surface area contributed by atoms with Crippen molar-refractivity contribution in [2.75, 3.05) is 33.2 Å². The Labute approximate surface area is 148 Å². The molecule has 25 heavy (non-hydrogen) atoms. The molecule has 1 amide bonds. The Morgan fingerprint density at radius 3 is 2.36 bits per heavy atom. The minimum Gasteiger partial charge on any atom is -0.341 e. The lowest BCUT2D eigenvalue weighted by Crippen LogP contribution is -2.47. The molecule has 0 spiro atoms. The van der Waals surface area contributed by atoms with Crippen LogP contribution in [0.5, 0.6) is 0 Å². The second-order valence-corrected chi connectivity index (χ2v) is 9.75. The number of nitrogens with zero attached hydrogens (tertiary/aromatic N) is 2. The van der Waals surface area contributed by atoms with E-state index < -0.39 is 26.3 Å². The second kappa shape index (κ2) is 6.68. The molecule has 2 heterocycles. The Kier molecular flexibility index (Phi) is 4.90. The molecule has 138 valence electrons. The van der Waals surface area contributed by atoms with E-state index in [1.807, 2.05) is 14.0 Å². The predicted octanol–water partition coefficient (Wildman–Crippen LogP) is 1.93. The van der Waals surface area contributed by atoms with Crippen LogP contribution in [0.3, 0.4) is 0 Å². The van der Waals surface area contributed by atoms with Crippen LogP contribution >= 0.6 is 0 Å². The molecule has 0 saturated carbocycles. The third kappa shape index (κ3) is 3.58. The van der Waals surface area contributed by atoms with E-state index >= 15 is 0 Å². The summed E-state index contributed by atoms with van der Waals surface area (Å²) < 4.78 is 38.5. The van der Waals surface area contributed by atoms with E-state index in [4.69, 9.17) is 0 Å². The minimum atomic E-state index is -3.55. The standard InChI is InChI=1S/C18H25FN2O3S/c1-18(8-11-20(2)12-9-18)17(22)21-10-7-16(13-21)25(23,24)15-5-3-14(19)4-6-15/h3-6,16H,7-13H2,1-2H3. The van der Waals surface area contributed by atoms with Crippen LogP contribution in [0.4, 0.5) is 4.39 Å². The highest BCUT2D eigenvalue weighted by Gasteiger charge is 2.43. The summed E-state index contributed by atoms with van der Waals surface area (Å²) in [4.78, 5) is 17.0. The Hall–Kier alpha value is -1.47. The molecular weight excluding hydrogens is 343 g/mol. The number of benzene rings is 1. The van der Waals surface area contributed by atoms with Gasteiger partial charge in [-0.05, 0) is 63.7 Å². The number of sulfone groups is 1. The van der Waals surface area contributed by atoms with Crippen molar-refractivity contribution in [3.63, 3.8) is 0 Å². The Morgan fingerprint density at radius 1 is 1.16 bits per heavy atom. The topological polar surface area (TPSA) is 57.7 Å². The van der Waals surface area contributed by atoms with Crippen LogP contribution in [0.2, 0.25) is 0 Å². The van der Waals surface area contributed by atoms with Crippen molar-refractivity contribution < 1.29 is 17.6 Å². The molecule has 2 fully saturated rings. The van der Waals surface area contributed by atoms with E-state index in [9.17, 15) is 17.6 Å². The van der Waals surface area contributed by atoms with Gasteiger partial charge in [0.05, 0.1) is 10.1 Å². The second-order valence-electron chi connectivity index (χ2n) is 7.52. The van der Waals surface area contributed by atoms with E-state index in [-0.39, 0.29) is 17.3 Å². The maximum absolute atomic E-state index is 13.0. The number of hydrogen-bond acceptors (Lipinski definition) is 4. The van der Waals surface area contributed by atoms with E-state index in [1.54, 1.807) is 4.90 Å². The maximum atomic E-state index is 13.0. The molecule has 5 nitrogen and oxygen atoms in total. The van der Waals surface area contributed by atoms with Gasteiger partial charge >= 0.3 is 0 Å². The first kappa shape index (κ1) is 18.3. The van der Waals surface area contributed by atoms with Gasteiger partial charge in [-0.15, -0.1) is 0 Å². The van der Waals surface area contributed by atoms with Gasteiger partial charge in [-0.25, -0.2) is 12.8 Å². The van der Waals surface area contributed by atoms with Crippen molar-refractivity contribution in [2.45, 2.75) is 36.3 Å². The fraction of sp³-hybridized carbons (Fsp3) is 0.611. The highest BCUT2D eigenvalue weighted by atomic mass is 32.2. The number of amides is 1. The zero-order valence-electron chi connectivity index (χ0n) is 14.7. The fourth-order valence-electron chi connectivity index (χ4n) is 3.69. The van der Waals surface area contributed by atoms with E-state index in [0.717, 1.165) is 38.1 Å². The van der Waals surface area contributed by atoms with Gasteiger partial charge in [0, 0.05) is 18.5 Å². The third-order valence-corrected chi connectivity index (χ3v) is 7.81. The Balaban J connectivity index is 1.71. The average molecular weight is 368 g/mol. The van der Waals surface area contributed by atoms with Crippen LogP contribution in [0.1, 0.15) is 26.2 Å². The molecule has 3 rings (SSSR count). The van der Waals surface area contributed by atoms with Crippen LogP contribution in [-0.2, 0) is 14.6 Å². The van der Waals surface area contributed by atoms with Crippen LogP contribution in [-0.4, -0.2) is 62.6 Å². The van der Waals surface area contributed by atoms with Crippen molar-refractivity contribution in [3.8, 4) is 0 Å². The first-order chi connectivity index (χ1) is 11.7. The normalized spacial score (nSPS) is 24.4. The summed E-state index contributed by atoms with van der Waals surface area (Å²) in [5.41, 5.74) is -0.402. The molecule has 0 N–H and O–H groups in total.